The van der Waals surface area contributed by atoms with E-state index in [1.54, 1.807) is 0 Å². The largest absolute Gasteiger partial charge is 0.355 e. The molecule has 0 amide bonds. The molecule has 1 aliphatic rings. The van der Waals surface area contributed by atoms with Crippen LogP contribution < -0.4 is 20.1 Å². The molecule has 5 nitrogen and oxygen atoms in total. The summed E-state index contributed by atoms with van der Waals surface area (Å²) in [6, 6.07) is 50.5. The van der Waals surface area contributed by atoms with Crippen molar-refractivity contribution in [2.75, 3.05) is 15.5 Å². The second-order valence-electron chi connectivity index (χ2n) is 10.1. The normalized spacial score (nSPS) is 12.0. The van der Waals surface area contributed by atoms with Crippen molar-refractivity contribution < 1.29 is 4.57 Å². The number of anilines is 7. The van der Waals surface area contributed by atoms with Gasteiger partial charge in [0.2, 0.25) is 16.7 Å². The minimum absolute atomic E-state index is 0.920. The maximum atomic E-state index is 5.17. The number of para-hydroxylation sites is 5. The van der Waals surface area contributed by atoms with Crippen LogP contribution in [0.3, 0.4) is 0 Å². The van der Waals surface area contributed by atoms with Crippen LogP contribution in [0.5, 0.6) is 0 Å². The summed E-state index contributed by atoms with van der Waals surface area (Å²) in [7, 11) is 0. The molecule has 1 aliphatic heterocycles. The van der Waals surface area contributed by atoms with Crippen molar-refractivity contribution in [2.45, 2.75) is 0 Å². The van der Waals surface area contributed by atoms with Crippen molar-refractivity contribution in [1.29, 1.82) is 0 Å². The molecule has 2 heterocycles. The Morgan fingerprint density at radius 2 is 1.22 bits per heavy atom. The maximum absolute atomic E-state index is 5.17. The van der Waals surface area contributed by atoms with Crippen molar-refractivity contribution in [2.24, 2.45) is 0 Å². The molecule has 6 aromatic carbocycles. The lowest BCUT2D eigenvalue weighted by molar-refractivity contribution is -0.538. The van der Waals surface area contributed by atoms with Gasteiger partial charge in [0.15, 0.2) is 0 Å². The van der Waals surface area contributed by atoms with Gasteiger partial charge in [0.05, 0.1) is 22.7 Å². The molecule has 0 saturated carbocycles. The molecule has 0 spiro atoms. The van der Waals surface area contributed by atoms with Gasteiger partial charge in [0.25, 0.3) is 0 Å². The van der Waals surface area contributed by atoms with Crippen LogP contribution in [-0.4, -0.2) is 4.98 Å². The fraction of sp³-hybridized carbons (Fsp3) is 0. The van der Waals surface area contributed by atoms with E-state index in [9.17, 15) is 0 Å². The Morgan fingerprint density at radius 1 is 0.537 bits per heavy atom. The Balaban J connectivity index is 1.40. The monoisotopic (exact) mass is 528 g/mol. The average Bonchev–Trinajstić information content (AvgIpc) is 3.03. The molecular formula is C36H26N5+. The zero-order valence-electron chi connectivity index (χ0n) is 22.2. The molecule has 0 radical (unpaired) electrons. The van der Waals surface area contributed by atoms with E-state index in [1.165, 1.54) is 0 Å². The summed E-state index contributed by atoms with van der Waals surface area (Å²) in [6.07, 6.45) is 0. The Kier molecular flexibility index (Phi) is 5.38. The molecule has 0 atom stereocenters. The van der Waals surface area contributed by atoms with Gasteiger partial charge in [-0.15, -0.1) is 4.57 Å². The van der Waals surface area contributed by atoms with Crippen LogP contribution in [0.1, 0.15) is 0 Å². The van der Waals surface area contributed by atoms with E-state index < -0.39 is 0 Å². The van der Waals surface area contributed by atoms with Gasteiger partial charge < -0.3 is 15.5 Å². The molecule has 0 aliphatic carbocycles. The van der Waals surface area contributed by atoms with Crippen LogP contribution in [-0.2, 0) is 0 Å². The molecule has 194 valence electrons. The number of hydrogen-bond acceptors (Lipinski definition) is 4. The predicted octanol–water partition coefficient (Wildman–Crippen LogP) is 8.94. The fourth-order valence-electron chi connectivity index (χ4n) is 5.70. The highest BCUT2D eigenvalue weighted by atomic mass is 15.2. The Morgan fingerprint density at radius 3 is 2.02 bits per heavy atom. The summed E-state index contributed by atoms with van der Waals surface area (Å²) in [5.41, 5.74) is 12.4. The van der Waals surface area contributed by atoms with Crippen molar-refractivity contribution in [3.63, 3.8) is 0 Å². The average molecular weight is 529 g/mol. The van der Waals surface area contributed by atoms with Crippen LogP contribution in [0.2, 0.25) is 0 Å². The fourth-order valence-corrected chi connectivity index (χ4v) is 5.70. The van der Waals surface area contributed by atoms with Gasteiger partial charge >= 0.3 is 0 Å². The summed E-state index contributed by atoms with van der Waals surface area (Å²) in [6.45, 7) is 0. The molecule has 41 heavy (non-hydrogen) atoms. The van der Waals surface area contributed by atoms with Crippen molar-refractivity contribution >= 4 is 61.9 Å². The van der Waals surface area contributed by atoms with E-state index in [-0.39, 0.29) is 0 Å². The lowest BCUT2D eigenvalue weighted by atomic mass is 10.1. The smallest absolute Gasteiger partial charge is 0.239 e. The summed E-state index contributed by atoms with van der Waals surface area (Å²) in [4.78, 5) is 7.49. The topological polar surface area (TPSA) is 44.1 Å². The second-order valence-corrected chi connectivity index (χ2v) is 10.1. The van der Waals surface area contributed by atoms with E-state index in [0.717, 1.165) is 67.6 Å². The number of benzene rings is 6. The van der Waals surface area contributed by atoms with Crippen molar-refractivity contribution in [1.82, 2.24) is 4.98 Å². The molecular weight excluding hydrogens is 502 g/mol. The molecule has 0 unspecified atom stereocenters. The first-order chi connectivity index (χ1) is 20.3. The van der Waals surface area contributed by atoms with Crippen LogP contribution in [0, 0.1) is 0 Å². The van der Waals surface area contributed by atoms with Crippen molar-refractivity contribution in [3.05, 3.63) is 146 Å². The highest BCUT2D eigenvalue weighted by Gasteiger charge is 2.28. The van der Waals surface area contributed by atoms with E-state index in [2.05, 4.69) is 147 Å². The van der Waals surface area contributed by atoms with Gasteiger partial charge in [-0.2, -0.15) is 0 Å². The van der Waals surface area contributed by atoms with Crippen molar-refractivity contribution in [3.8, 4) is 5.69 Å². The highest BCUT2D eigenvalue weighted by Crippen LogP contribution is 2.48. The molecule has 1 aromatic heterocycles. The predicted molar refractivity (Wildman–Crippen MR) is 168 cm³/mol. The minimum atomic E-state index is 0.920. The van der Waals surface area contributed by atoms with Crippen LogP contribution in [0.25, 0.3) is 27.8 Å². The minimum Gasteiger partial charge on any atom is -0.355 e. The molecule has 2 N–H and O–H groups in total. The van der Waals surface area contributed by atoms with Crippen LogP contribution in [0.15, 0.2) is 146 Å². The summed E-state index contributed by atoms with van der Waals surface area (Å²) >= 11 is 0. The summed E-state index contributed by atoms with van der Waals surface area (Å²) < 4.78 is 2.32. The first-order valence-electron chi connectivity index (χ1n) is 13.7. The van der Waals surface area contributed by atoms with Gasteiger partial charge in [0, 0.05) is 41.3 Å². The van der Waals surface area contributed by atoms with Gasteiger partial charge in [0.1, 0.15) is 11.0 Å². The van der Waals surface area contributed by atoms with E-state index in [0.29, 0.717) is 0 Å². The summed E-state index contributed by atoms with van der Waals surface area (Å²) in [5, 5.41) is 7.23. The Bertz CT molecular complexity index is 2040. The molecule has 0 fully saturated rings. The third kappa shape index (κ3) is 4.03. The lowest BCUT2D eigenvalue weighted by Crippen LogP contribution is -2.33. The molecule has 5 heteroatoms. The third-order valence-electron chi connectivity index (χ3n) is 7.54. The second kappa shape index (κ2) is 9.50. The quantitative estimate of drug-likeness (QED) is 0.177. The first-order valence-corrected chi connectivity index (χ1v) is 13.7. The highest BCUT2D eigenvalue weighted by molar-refractivity contribution is 6.01. The van der Waals surface area contributed by atoms with Gasteiger partial charge in [-0.05, 0) is 54.6 Å². The molecule has 8 rings (SSSR count). The van der Waals surface area contributed by atoms with Gasteiger partial charge in [-0.1, -0.05) is 66.7 Å². The number of aromatic nitrogens is 2. The maximum Gasteiger partial charge on any atom is 0.239 e. The van der Waals surface area contributed by atoms with Gasteiger partial charge in [-0.3, -0.25) is 0 Å². The molecule has 7 aromatic rings. The SMILES string of the molecule is c1ccc(Nc2ccc3nc4cc5c(cc4[n+](-c4ccccc4)c3c2)N(c2ccccc2)c2ccccc2N5)cc1. The number of rotatable bonds is 4. The number of nitrogens with zero attached hydrogens (tertiary/aromatic N) is 3. The number of nitrogens with one attached hydrogen (secondary N) is 2. The van der Waals surface area contributed by atoms with E-state index in [4.69, 9.17) is 4.98 Å². The number of fused-ring (bicyclic) bond motifs is 4. The number of hydrogen-bond donors (Lipinski definition) is 2. The van der Waals surface area contributed by atoms with Crippen LogP contribution >= 0.6 is 0 Å². The Hall–Kier alpha value is -5.68. The molecule has 0 bridgehead atoms. The first kappa shape index (κ1) is 23.2. The summed E-state index contributed by atoms with van der Waals surface area (Å²) in [5.74, 6) is 0. The standard InChI is InChI=1S/C36H25N5/c1-4-12-25(13-5-1)37-26-20-21-30-34(22-26)41(28-16-8-3-9-17-28)36-24-35-31(23-32(36)39-30)38-29-18-10-11-19-33(29)40(35)27-14-6-2-7-15-27/h1-24,38H/p+1. The van der Waals surface area contributed by atoms with Gasteiger partial charge in [-0.25, -0.2) is 4.98 Å². The van der Waals surface area contributed by atoms with E-state index >= 15 is 0 Å². The van der Waals surface area contributed by atoms with E-state index in [1.807, 2.05) is 18.2 Å². The zero-order chi connectivity index (χ0) is 27.2. The lowest BCUT2D eigenvalue weighted by Gasteiger charge is -2.33. The third-order valence-corrected chi connectivity index (χ3v) is 7.54. The molecule has 0 saturated heterocycles. The zero-order valence-corrected chi connectivity index (χ0v) is 22.2. The van der Waals surface area contributed by atoms with Crippen LogP contribution in [0.4, 0.5) is 39.8 Å². The Labute approximate surface area is 238 Å².